The molecule has 2 heterocycles. The molecule has 10 heteroatoms. The van der Waals surface area contributed by atoms with Crippen LogP contribution in [0.25, 0.3) is 10.9 Å². The molecule has 0 saturated carbocycles. The van der Waals surface area contributed by atoms with Crippen LogP contribution in [0.5, 0.6) is 5.75 Å². The van der Waals surface area contributed by atoms with Crippen molar-refractivity contribution in [3.63, 3.8) is 0 Å². The second-order valence-corrected chi connectivity index (χ2v) is 7.62. The minimum Gasteiger partial charge on any atom is -0.406 e. The highest BCUT2D eigenvalue weighted by Crippen LogP contribution is 2.33. The van der Waals surface area contributed by atoms with E-state index in [0.29, 0.717) is 48.1 Å². The summed E-state index contributed by atoms with van der Waals surface area (Å²) in [7, 11) is 0. The van der Waals surface area contributed by atoms with E-state index < -0.39 is 17.9 Å². The molecule has 1 N–H and O–H groups in total. The number of fused-ring (bicyclic) bond motifs is 1. The lowest BCUT2D eigenvalue weighted by molar-refractivity contribution is -0.274. The van der Waals surface area contributed by atoms with Gasteiger partial charge in [0.2, 0.25) is 5.91 Å². The lowest BCUT2D eigenvalue weighted by Gasteiger charge is -2.34. The van der Waals surface area contributed by atoms with Crippen molar-refractivity contribution in [2.45, 2.75) is 19.2 Å². The standard InChI is InChI=1S/C23H18F4N4O2/c24-16-4-5-20-19(10-16)21(15(12-28)13-29-20)31-8-6-14(7-9-31)22(32)30-17-2-1-3-18(11-17)33-23(25,26)27/h1-5,10-11,13-14H,6-9H2,(H,30,32). The predicted molar refractivity (Wildman–Crippen MR) is 113 cm³/mol. The molecule has 2 aromatic carbocycles. The number of nitrogens with one attached hydrogen (secondary N) is 1. The number of pyridine rings is 1. The van der Waals surface area contributed by atoms with Gasteiger partial charge in [0.1, 0.15) is 17.6 Å². The van der Waals surface area contributed by atoms with Gasteiger partial charge in [0.05, 0.1) is 16.8 Å². The fourth-order valence-corrected chi connectivity index (χ4v) is 3.95. The molecule has 33 heavy (non-hydrogen) atoms. The lowest BCUT2D eigenvalue weighted by Crippen LogP contribution is -2.38. The highest BCUT2D eigenvalue weighted by Gasteiger charge is 2.31. The molecular weight excluding hydrogens is 440 g/mol. The Bertz CT molecular complexity index is 1230. The van der Waals surface area contributed by atoms with Crippen LogP contribution >= 0.6 is 0 Å². The molecule has 4 rings (SSSR count). The van der Waals surface area contributed by atoms with Crippen LogP contribution in [0.15, 0.2) is 48.7 Å². The first kappa shape index (κ1) is 22.3. The number of carbonyl (C=O) groups excluding carboxylic acids is 1. The normalized spacial score (nSPS) is 14.7. The molecular formula is C23H18F4N4O2. The molecule has 0 atom stereocenters. The molecule has 1 aromatic heterocycles. The third-order valence-electron chi connectivity index (χ3n) is 5.44. The van der Waals surface area contributed by atoms with Crippen LogP contribution in [0, 0.1) is 23.1 Å². The van der Waals surface area contributed by atoms with Crippen LogP contribution in [0.2, 0.25) is 0 Å². The van der Waals surface area contributed by atoms with Crippen LogP contribution in [-0.2, 0) is 4.79 Å². The average Bonchev–Trinajstić information content (AvgIpc) is 2.77. The Morgan fingerprint density at radius 3 is 2.64 bits per heavy atom. The molecule has 1 amide bonds. The van der Waals surface area contributed by atoms with Gasteiger partial charge in [-0.3, -0.25) is 9.78 Å². The summed E-state index contributed by atoms with van der Waals surface area (Å²) in [5.74, 6) is -1.55. The number of alkyl halides is 3. The average molecular weight is 458 g/mol. The molecule has 3 aromatic rings. The van der Waals surface area contributed by atoms with Gasteiger partial charge in [-0.15, -0.1) is 13.2 Å². The summed E-state index contributed by atoms with van der Waals surface area (Å²) in [6.07, 6.45) is -2.47. The molecule has 1 aliphatic heterocycles. The summed E-state index contributed by atoms with van der Waals surface area (Å²) >= 11 is 0. The van der Waals surface area contributed by atoms with E-state index in [1.807, 2.05) is 4.90 Å². The smallest absolute Gasteiger partial charge is 0.406 e. The van der Waals surface area contributed by atoms with E-state index in [1.54, 1.807) is 6.07 Å². The van der Waals surface area contributed by atoms with Crippen molar-refractivity contribution >= 4 is 28.2 Å². The maximum absolute atomic E-state index is 13.9. The maximum Gasteiger partial charge on any atom is 0.573 e. The second-order valence-electron chi connectivity index (χ2n) is 7.62. The van der Waals surface area contributed by atoms with Gasteiger partial charge in [-0.05, 0) is 43.2 Å². The fraction of sp³-hybridized carbons (Fsp3) is 0.261. The van der Waals surface area contributed by atoms with Crippen molar-refractivity contribution in [2.24, 2.45) is 5.92 Å². The third kappa shape index (κ3) is 5.14. The van der Waals surface area contributed by atoms with E-state index in [2.05, 4.69) is 21.1 Å². The summed E-state index contributed by atoms with van der Waals surface area (Å²) in [6.45, 7) is 0.888. The van der Waals surface area contributed by atoms with Gasteiger partial charge in [0, 0.05) is 42.3 Å². The van der Waals surface area contributed by atoms with E-state index in [4.69, 9.17) is 0 Å². The van der Waals surface area contributed by atoms with Crippen LogP contribution in [0.4, 0.5) is 28.9 Å². The number of carbonyl (C=O) groups is 1. The molecule has 1 aliphatic rings. The Labute approximate surface area is 186 Å². The number of halogens is 4. The number of anilines is 2. The highest BCUT2D eigenvalue weighted by atomic mass is 19.4. The molecule has 0 unspecified atom stereocenters. The number of benzene rings is 2. The Morgan fingerprint density at radius 2 is 1.94 bits per heavy atom. The van der Waals surface area contributed by atoms with Gasteiger partial charge < -0.3 is 15.0 Å². The Kier molecular flexibility index (Phi) is 6.05. The first-order valence-corrected chi connectivity index (χ1v) is 10.1. The zero-order valence-corrected chi connectivity index (χ0v) is 17.2. The minimum atomic E-state index is -4.82. The molecule has 0 aliphatic carbocycles. The molecule has 0 bridgehead atoms. The van der Waals surface area contributed by atoms with Crippen LogP contribution < -0.4 is 15.0 Å². The monoisotopic (exact) mass is 458 g/mol. The summed E-state index contributed by atoms with van der Waals surface area (Å²) < 4.78 is 55.0. The van der Waals surface area contributed by atoms with Crippen LogP contribution in [0.1, 0.15) is 18.4 Å². The van der Waals surface area contributed by atoms with Crippen molar-refractivity contribution < 1.29 is 27.1 Å². The Hall–Kier alpha value is -3.87. The third-order valence-corrected chi connectivity index (χ3v) is 5.44. The largest absolute Gasteiger partial charge is 0.573 e. The summed E-state index contributed by atoms with van der Waals surface area (Å²) in [6, 6.07) is 11.4. The second kappa shape index (κ2) is 8.94. The number of rotatable bonds is 4. The zero-order valence-electron chi connectivity index (χ0n) is 17.2. The van der Waals surface area contributed by atoms with Gasteiger partial charge >= 0.3 is 6.36 Å². The minimum absolute atomic E-state index is 0.201. The lowest BCUT2D eigenvalue weighted by atomic mass is 9.94. The van der Waals surface area contributed by atoms with E-state index >= 15 is 0 Å². The van der Waals surface area contributed by atoms with Gasteiger partial charge in [-0.25, -0.2) is 4.39 Å². The van der Waals surface area contributed by atoms with Crippen molar-refractivity contribution in [3.05, 3.63) is 60.0 Å². The van der Waals surface area contributed by atoms with Crippen molar-refractivity contribution in [3.8, 4) is 11.8 Å². The molecule has 6 nitrogen and oxygen atoms in total. The number of amides is 1. The van der Waals surface area contributed by atoms with Crippen LogP contribution in [-0.4, -0.2) is 30.3 Å². The number of aromatic nitrogens is 1. The predicted octanol–water partition coefficient (Wildman–Crippen LogP) is 5.00. The van der Waals surface area contributed by atoms with Crippen LogP contribution in [0.3, 0.4) is 0 Å². The van der Waals surface area contributed by atoms with Crippen molar-refractivity contribution in [2.75, 3.05) is 23.3 Å². The quantitative estimate of drug-likeness (QED) is 0.557. The maximum atomic E-state index is 13.9. The number of ether oxygens (including phenoxy) is 1. The van der Waals surface area contributed by atoms with E-state index in [1.165, 1.54) is 30.5 Å². The van der Waals surface area contributed by atoms with Gasteiger partial charge in [-0.2, -0.15) is 5.26 Å². The highest BCUT2D eigenvalue weighted by molar-refractivity contribution is 5.95. The van der Waals surface area contributed by atoms with E-state index in [-0.39, 0.29) is 17.5 Å². The molecule has 1 saturated heterocycles. The van der Waals surface area contributed by atoms with Crippen molar-refractivity contribution in [1.29, 1.82) is 5.26 Å². The Balaban J connectivity index is 1.46. The SMILES string of the molecule is N#Cc1cnc2ccc(F)cc2c1N1CCC(C(=O)Nc2cccc(OC(F)(F)F)c2)CC1. The van der Waals surface area contributed by atoms with Crippen molar-refractivity contribution in [1.82, 2.24) is 4.98 Å². The molecule has 1 fully saturated rings. The van der Waals surface area contributed by atoms with Gasteiger partial charge in [0.25, 0.3) is 0 Å². The van der Waals surface area contributed by atoms with Gasteiger partial charge in [-0.1, -0.05) is 6.07 Å². The number of hydrogen-bond acceptors (Lipinski definition) is 5. The molecule has 0 radical (unpaired) electrons. The number of nitriles is 1. The van der Waals surface area contributed by atoms with Gasteiger partial charge in [0.15, 0.2) is 0 Å². The number of nitrogens with zero attached hydrogens (tertiary/aromatic N) is 3. The first-order valence-electron chi connectivity index (χ1n) is 10.1. The summed E-state index contributed by atoms with van der Waals surface area (Å²) in [5.41, 5.74) is 1.66. The summed E-state index contributed by atoms with van der Waals surface area (Å²) in [5, 5.41) is 12.7. The topological polar surface area (TPSA) is 78.2 Å². The molecule has 170 valence electrons. The summed E-state index contributed by atoms with van der Waals surface area (Å²) in [4.78, 5) is 18.8. The molecule has 0 spiro atoms. The van der Waals surface area contributed by atoms with E-state index in [9.17, 15) is 27.6 Å². The Morgan fingerprint density at radius 1 is 1.18 bits per heavy atom. The fourth-order valence-electron chi connectivity index (χ4n) is 3.95. The number of piperidine rings is 1. The zero-order chi connectivity index (χ0) is 23.6. The first-order chi connectivity index (χ1) is 15.7. The van der Waals surface area contributed by atoms with E-state index in [0.717, 1.165) is 12.1 Å². The number of hydrogen-bond donors (Lipinski definition) is 1.